The molecule has 4 rings (SSSR count). The lowest BCUT2D eigenvalue weighted by Gasteiger charge is -2.42. The minimum absolute atomic E-state index is 0.0693. The summed E-state index contributed by atoms with van der Waals surface area (Å²) in [4.78, 5) is 31.0. The van der Waals surface area contributed by atoms with Crippen LogP contribution in [0.25, 0.3) is 0 Å². The number of amides is 2. The van der Waals surface area contributed by atoms with Crippen LogP contribution in [-0.4, -0.2) is 53.3 Å². The number of carbonyl (C=O) groups is 2. The zero-order chi connectivity index (χ0) is 19.8. The number of anilines is 1. The van der Waals surface area contributed by atoms with Gasteiger partial charge in [0.1, 0.15) is 0 Å². The number of carbonyl (C=O) groups excluding carboxylic acids is 2. The molecule has 0 spiro atoms. The van der Waals surface area contributed by atoms with Gasteiger partial charge in [0.2, 0.25) is 0 Å². The topological polar surface area (TPSA) is 52.7 Å². The van der Waals surface area contributed by atoms with Crippen molar-refractivity contribution in [1.82, 2.24) is 9.80 Å². The van der Waals surface area contributed by atoms with Crippen molar-refractivity contribution in [3.8, 4) is 0 Å². The number of piperazine rings is 1. The van der Waals surface area contributed by atoms with E-state index in [9.17, 15) is 9.59 Å². The molecule has 148 valence electrons. The minimum Gasteiger partial charge on any atom is -0.332 e. The molecule has 2 aliphatic heterocycles. The average Bonchev–Trinajstić information content (AvgIpc) is 3.26. The number of rotatable bonds is 3. The first-order chi connectivity index (χ1) is 13.4. The van der Waals surface area contributed by atoms with Crippen molar-refractivity contribution in [2.75, 3.05) is 25.0 Å². The summed E-state index contributed by atoms with van der Waals surface area (Å²) in [5, 5.41) is 3.96. The fourth-order valence-corrected chi connectivity index (χ4v) is 5.43. The van der Waals surface area contributed by atoms with E-state index < -0.39 is 0 Å². The Morgan fingerprint density at radius 1 is 1.25 bits per heavy atom. The molecule has 2 atom stereocenters. The van der Waals surface area contributed by atoms with E-state index in [-0.39, 0.29) is 17.9 Å². The van der Waals surface area contributed by atoms with Gasteiger partial charge in [0.15, 0.2) is 0 Å². The van der Waals surface area contributed by atoms with Crippen molar-refractivity contribution in [2.45, 2.75) is 38.8 Å². The second-order valence-electron chi connectivity index (χ2n) is 7.65. The molecule has 2 amide bonds. The number of fused-ring (bicyclic) bond motifs is 1. The first-order valence-electron chi connectivity index (χ1n) is 9.65. The van der Waals surface area contributed by atoms with Crippen LogP contribution >= 0.6 is 22.9 Å². The van der Waals surface area contributed by atoms with Gasteiger partial charge < -0.3 is 10.2 Å². The van der Waals surface area contributed by atoms with Crippen LogP contribution in [0.5, 0.6) is 0 Å². The quantitative estimate of drug-likeness (QED) is 0.811. The SMILES string of the molecule is Cc1cc(NC(=O)c2ccccc2Cl)sc1C(=O)N1CC2CCCN2CC1C. The summed E-state index contributed by atoms with van der Waals surface area (Å²) in [6, 6.07) is 9.49. The van der Waals surface area contributed by atoms with Crippen LogP contribution in [-0.2, 0) is 0 Å². The largest absolute Gasteiger partial charge is 0.332 e. The molecule has 0 radical (unpaired) electrons. The monoisotopic (exact) mass is 417 g/mol. The summed E-state index contributed by atoms with van der Waals surface area (Å²) in [5.74, 6) is -0.196. The molecular formula is C21H24ClN3O2S. The van der Waals surface area contributed by atoms with E-state index in [4.69, 9.17) is 11.6 Å². The van der Waals surface area contributed by atoms with E-state index in [2.05, 4.69) is 17.1 Å². The molecule has 1 N–H and O–H groups in total. The van der Waals surface area contributed by atoms with E-state index in [1.165, 1.54) is 24.2 Å². The molecule has 2 aliphatic rings. The number of nitrogens with zero attached hydrogens (tertiary/aromatic N) is 2. The van der Waals surface area contributed by atoms with E-state index in [0.717, 1.165) is 25.2 Å². The van der Waals surface area contributed by atoms with Crippen molar-refractivity contribution in [3.05, 3.63) is 51.4 Å². The van der Waals surface area contributed by atoms with E-state index in [0.29, 0.717) is 26.5 Å². The molecule has 2 saturated heterocycles. The van der Waals surface area contributed by atoms with Crippen molar-refractivity contribution >= 4 is 39.8 Å². The van der Waals surface area contributed by atoms with Gasteiger partial charge in [0.25, 0.3) is 11.8 Å². The number of hydrogen-bond donors (Lipinski definition) is 1. The van der Waals surface area contributed by atoms with Crippen molar-refractivity contribution < 1.29 is 9.59 Å². The predicted octanol–water partition coefficient (Wildman–Crippen LogP) is 4.27. The van der Waals surface area contributed by atoms with Gasteiger partial charge in [0.05, 0.1) is 20.5 Å². The first-order valence-corrected chi connectivity index (χ1v) is 10.8. The fraction of sp³-hybridized carbons (Fsp3) is 0.429. The van der Waals surface area contributed by atoms with Crippen LogP contribution in [0.1, 0.15) is 45.4 Å². The van der Waals surface area contributed by atoms with Crippen LogP contribution in [0, 0.1) is 6.92 Å². The third-order valence-corrected chi connectivity index (χ3v) is 7.14. The second-order valence-corrected chi connectivity index (χ2v) is 9.11. The molecule has 28 heavy (non-hydrogen) atoms. The first kappa shape index (κ1) is 19.4. The Hall–Kier alpha value is -1.89. The van der Waals surface area contributed by atoms with Crippen LogP contribution in [0.4, 0.5) is 5.00 Å². The molecule has 7 heteroatoms. The Balaban J connectivity index is 1.50. The van der Waals surface area contributed by atoms with Gasteiger partial charge in [-0.15, -0.1) is 11.3 Å². The number of nitrogens with one attached hydrogen (secondary N) is 1. The Morgan fingerprint density at radius 3 is 2.82 bits per heavy atom. The molecule has 2 unspecified atom stereocenters. The van der Waals surface area contributed by atoms with Gasteiger partial charge in [-0.3, -0.25) is 14.5 Å². The zero-order valence-corrected chi connectivity index (χ0v) is 17.6. The maximum Gasteiger partial charge on any atom is 0.264 e. The van der Waals surface area contributed by atoms with Crippen LogP contribution < -0.4 is 5.32 Å². The lowest BCUT2D eigenvalue weighted by atomic mass is 10.1. The summed E-state index contributed by atoms with van der Waals surface area (Å²) >= 11 is 7.45. The Kier molecular flexibility index (Phi) is 5.45. The van der Waals surface area contributed by atoms with Crippen molar-refractivity contribution in [2.24, 2.45) is 0 Å². The lowest BCUT2D eigenvalue weighted by Crippen LogP contribution is -2.56. The fourth-order valence-electron chi connectivity index (χ4n) is 4.18. The highest BCUT2D eigenvalue weighted by molar-refractivity contribution is 7.18. The van der Waals surface area contributed by atoms with Crippen molar-refractivity contribution in [3.63, 3.8) is 0 Å². The van der Waals surface area contributed by atoms with Gasteiger partial charge >= 0.3 is 0 Å². The average molecular weight is 418 g/mol. The predicted molar refractivity (Wildman–Crippen MR) is 114 cm³/mol. The van der Waals surface area contributed by atoms with Gasteiger partial charge in [-0.05, 0) is 57.0 Å². The zero-order valence-electron chi connectivity index (χ0n) is 16.1. The number of hydrogen-bond acceptors (Lipinski definition) is 4. The number of benzene rings is 1. The van der Waals surface area contributed by atoms with Gasteiger partial charge in [-0.1, -0.05) is 23.7 Å². The molecular weight excluding hydrogens is 394 g/mol. The lowest BCUT2D eigenvalue weighted by molar-refractivity contribution is 0.0399. The van der Waals surface area contributed by atoms with E-state index >= 15 is 0 Å². The normalized spacial score (nSPS) is 22.2. The summed E-state index contributed by atoms with van der Waals surface area (Å²) in [6.45, 7) is 6.92. The van der Waals surface area contributed by atoms with Crippen LogP contribution in [0.2, 0.25) is 5.02 Å². The molecule has 1 aromatic heterocycles. The standard InChI is InChI=1S/C21H24ClN3O2S/c1-13-10-18(23-20(26)16-7-3-4-8-17(16)22)28-19(13)21(27)25-12-15-6-5-9-24(15)11-14(25)2/h3-4,7-8,10,14-15H,5-6,9,11-12H2,1-2H3,(H,23,26). The van der Waals surface area contributed by atoms with Crippen LogP contribution in [0.3, 0.4) is 0 Å². The third-order valence-electron chi connectivity index (χ3n) is 5.67. The molecule has 3 heterocycles. The summed E-state index contributed by atoms with van der Waals surface area (Å²) in [6.07, 6.45) is 2.38. The summed E-state index contributed by atoms with van der Waals surface area (Å²) < 4.78 is 0. The number of halogens is 1. The maximum atomic E-state index is 13.2. The molecule has 5 nitrogen and oxygen atoms in total. The Morgan fingerprint density at radius 2 is 2.04 bits per heavy atom. The van der Waals surface area contributed by atoms with Crippen LogP contribution in [0.15, 0.2) is 30.3 Å². The molecule has 2 fully saturated rings. The molecule has 0 aliphatic carbocycles. The Labute approximate surface area is 174 Å². The minimum atomic E-state index is -0.265. The summed E-state index contributed by atoms with van der Waals surface area (Å²) in [5.41, 5.74) is 1.32. The third kappa shape index (κ3) is 3.69. The Bertz CT molecular complexity index is 913. The molecule has 2 aromatic rings. The van der Waals surface area contributed by atoms with Gasteiger partial charge in [-0.2, -0.15) is 0 Å². The summed E-state index contributed by atoms with van der Waals surface area (Å²) in [7, 11) is 0. The molecule has 0 bridgehead atoms. The van der Waals surface area contributed by atoms with Gasteiger partial charge in [-0.25, -0.2) is 0 Å². The van der Waals surface area contributed by atoms with E-state index in [1.54, 1.807) is 24.3 Å². The number of aryl methyl sites for hydroxylation is 1. The highest BCUT2D eigenvalue weighted by Gasteiger charge is 2.37. The molecule has 1 aromatic carbocycles. The van der Waals surface area contributed by atoms with Crippen molar-refractivity contribution in [1.29, 1.82) is 0 Å². The number of thiophene rings is 1. The highest BCUT2D eigenvalue weighted by Crippen LogP contribution is 2.32. The van der Waals surface area contributed by atoms with E-state index in [1.807, 2.05) is 17.9 Å². The smallest absolute Gasteiger partial charge is 0.264 e. The maximum absolute atomic E-state index is 13.2. The second kappa shape index (κ2) is 7.85. The highest BCUT2D eigenvalue weighted by atomic mass is 35.5. The van der Waals surface area contributed by atoms with Gasteiger partial charge in [0, 0.05) is 25.2 Å². The molecule has 0 saturated carbocycles.